The SMILES string of the molecule is Nc1c(N=Nc2ccccc2)cc(S(=O)(=O)O)c(N)c1N=Nc1ccccc1. The Balaban J connectivity index is 2.12. The molecule has 3 aromatic rings. The summed E-state index contributed by atoms with van der Waals surface area (Å²) in [6.45, 7) is 0. The lowest BCUT2D eigenvalue weighted by Gasteiger charge is -2.10. The van der Waals surface area contributed by atoms with E-state index in [-0.39, 0.29) is 22.7 Å². The quantitative estimate of drug-likeness (QED) is 0.317. The molecule has 5 N–H and O–H groups in total. The first-order valence-electron chi connectivity index (χ1n) is 7.99. The molecule has 28 heavy (non-hydrogen) atoms. The van der Waals surface area contributed by atoms with Gasteiger partial charge in [-0.1, -0.05) is 36.4 Å². The molecule has 0 amide bonds. The van der Waals surface area contributed by atoms with Gasteiger partial charge in [0.15, 0.2) is 0 Å². The van der Waals surface area contributed by atoms with Crippen LogP contribution in [0, 0.1) is 0 Å². The fourth-order valence-corrected chi connectivity index (χ4v) is 2.91. The van der Waals surface area contributed by atoms with Gasteiger partial charge < -0.3 is 11.5 Å². The van der Waals surface area contributed by atoms with Crippen LogP contribution >= 0.6 is 0 Å². The molecular weight excluding hydrogens is 380 g/mol. The molecule has 0 aliphatic carbocycles. The van der Waals surface area contributed by atoms with Crippen LogP contribution in [0.1, 0.15) is 0 Å². The molecule has 0 fully saturated rings. The molecule has 0 atom stereocenters. The highest BCUT2D eigenvalue weighted by Crippen LogP contribution is 2.43. The largest absolute Gasteiger partial charge is 0.396 e. The molecule has 0 aromatic heterocycles. The van der Waals surface area contributed by atoms with Crippen LogP contribution in [0.4, 0.5) is 34.1 Å². The third kappa shape index (κ3) is 4.37. The van der Waals surface area contributed by atoms with Crippen LogP contribution in [0.25, 0.3) is 0 Å². The van der Waals surface area contributed by atoms with Crippen LogP contribution in [0.5, 0.6) is 0 Å². The number of azo groups is 2. The number of nitrogens with two attached hydrogens (primary N) is 2. The van der Waals surface area contributed by atoms with Crippen LogP contribution in [0.2, 0.25) is 0 Å². The van der Waals surface area contributed by atoms with Crippen molar-refractivity contribution in [2.45, 2.75) is 4.90 Å². The number of rotatable bonds is 5. The Morgan fingerprint density at radius 2 is 1.21 bits per heavy atom. The number of nitrogens with zero attached hydrogens (tertiary/aromatic N) is 4. The van der Waals surface area contributed by atoms with Crippen LogP contribution in [-0.2, 0) is 10.1 Å². The molecule has 9 nitrogen and oxygen atoms in total. The molecule has 0 spiro atoms. The van der Waals surface area contributed by atoms with Crippen molar-refractivity contribution in [1.29, 1.82) is 0 Å². The van der Waals surface area contributed by atoms with E-state index >= 15 is 0 Å². The Hall–Kier alpha value is -3.63. The van der Waals surface area contributed by atoms with Gasteiger partial charge in [0.05, 0.1) is 22.7 Å². The molecule has 0 saturated heterocycles. The average Bonchev–Trinajstić information content (AvgIpc) is 2.68. The smallest absolute Gasteiger partial charge is 0.296 e. The van der Waals surface area contributed by atoms with Crippen LogP contribution in [0.15, 0.2) is 92.1 Å². The van der Waals surface area contributed by atoms with Gasteiger partial charge in [0, 0.05) is 0 Å². The summed E-state index contributed by atoms with van der Waals surface area (Å²) in [4.78, 5) is -0.578. The van der Waals surface area contributed by atoms with E-state index in [2.05, 4.69) is 20.5 Å². The number of anilines is 2. The summed E-state index contributed by atoms with van der Waals surface area (Å²) in [7, 11) is -4.65. The molecule has 0 heterocycles. The Bertz CT molecular complexity index is 1150. The summed E-state index contributed by atoms with van der Waals surface area (Å²) in [5.41, 5.74) is 12.5. The van der Waals surface area contributed by atoms with Crippen LogP contribution < -0.4 is 11.5 Å². The second-order valence-electron chi connectivity index (χ2n) is 5.62. The summed E-state index contributed by atoms with van der Waals surface area (Å²) in [6, 6.07) is 18.5. The van der Waals surface area contributed by atoms with Gasteiger partial charge in [-0.05, 0) is 30.3 Å². The molecule has 0 bridgehead atoms. The zero-order valence-electron chi connectivity index (χ0n) is 14.5. The Morgan fingerprint density at radius 3 is 1.71 bits per heavy atom. The first-order valence-corrected chi connectivity index (χ1v) is 9.43. The van der Waals surface area contributed by atoms with Gasteiger partial charge in [-0.2, -0.15) is 18.6 Å². The first kappa shape index (κ1) is 19.1. The van der Waals surface area contributed by atoms with Crippen molar-refractivity contribution in [1.82, 2.24) is 0 Å². The van der Waals surface area contributed by atoms with Crippen molar-refractivity contribution in [2.75, 3.05) is 11.5 Å². The van der Waals surface area contributed by atoms with E-state index in [4.69, 9.17) is 11.5 Å². The molecule has 3 aromatic carbocycles. The normalized spacial score (nSPS) is 12.0. The second-order valence-corrected chi connectivity index (χ2v) is 7.01. The Kier molecular flexibility index (Phi) is 5.43. The Morgan fingerprint density at radius 1 is 0.714 bits per heavy atom. The predicted octanol–water partition coefficient (Wildman–Crippen LogP) is 4.93. The number of hydrogen-bond acceptors (Lipinski definition) is 8. The lowest BCUT2D eigenvalue weighted by Crippen LogP contribution is -2.05. The molecule has 0 saturated carbocycles. The third-order valence-electron chi connectivity index (χ3n) is 3.65. The Labute approximate surface area is 161 Å². The van der Waals surface area contributed by atoms with Gasteiger partial charge in [0.1, 0.15) is 16.3 Å². The third-order valence-corrected chi connectivity index (χ3v) is 4.54. The zero-order chi connectivity index (χ0) is 20.1. The summed E-state index contributed by atoms with van der Waals surface area (Å²) in [5.74, 6) is 0. The van der Waals surface area contributed by atoms with Gasteiger partial charge >= 0.3 is 0 Å². The first-order chi connectivity index (χ1) is 13.4. The highest BCUT2D eigenvalue weighted by molar-refractivity contribution is 7.86. The number of hydrogen-bond donors (Lipinski definition) is 3. The molecule has 0 aliphatic rings. The van der Waals surface area contributed by atoms with E-state index < -0.39 is 15.0 Å². The molecule has 0 aliphatic heterocycles. The lowest BCUT2D eigenvalue weighted by molar-refractivity contribution is 0.483. The maximum Gasteiger partial charge on any atom is 0.296 e. The van der Waals surface area contributed by atoms with Crippen molar-refractivity contribution in [2.24, 2.45) is 20.5 Å². The summed E-state index contributed by atoms with van der Waals surface area (Å²) in [5, 5.41) is 15.9. The van der Waals surface area contributed by atoms with Gasteiger partial charge in [-0.15, -0.1) is 10.2 Å². The van der Waals surface area contributed by atoms with Gasteiger partial charge in [0.25, 0.3) is 10.1 Å². The van der Waals surface area contributed by atoms with Gasteiger partial charge in [0.2, 0.25) is 0 Å². The number of nitrogen functional groups attached to an aromatic ring is 2. The minimum atomic E-state index is -4.65. The second kappa shape index (κ2) is 7.94. The fraction of sp³-hybridized carbons (Fsp3) is 0. The highest BCUT2D eigenvalue weighted by atomic mass is 32.2. The van der Waals surface area contributed by atoms with E-state index in [1.165, 1.54) is 0 Å². The van der Waals surface area contributed by atoms with E-state index in [1.807, 2.05) is 12.1 Å². The molecule has 0 radical (unpaired) electrons. The summed E-state index contributed by atoms with van der Waals surface area (Å²) < 4.78 is 32.9. The molecule has 0 unspecified atom stereocenters. The van der Waals surface area contributed by atoms with E-state index in [1.54, 1.807) is 48.5 Å². The summed E-state index contributed by atoms with van der Waals surface area (Å²) >= 11 is 0. The van der Waals surface area contributed by atoms with E-state index in [0.717, 1.165) is 6.07 Å². The molecule has 142 valence electrons. The maximum absolute atomic E-state index is 11.7. The maximum atomic E-state index is 11.7. The van der Waals surface area contributed by atoms with Crippen LogP contribution in [0.3, 0.4) is 0 Å². The van der Waals surface area contributed by atoms with Gasteiger partial charge in [-0.25, -0.2) is 0 Å². The minimum Gasteiger partial charge on any atom is -0.396 e. The van der Waals surface area contributed by atoms with Crippen molar-refractivity contribution in [3.8, 4) is 0 Å². The molecule has 3 rings (SSSR count). The number of benzene rings is 3. The van der Waals surface area contributed by atoms with E-state index in [0.29, 0.717) is 11.4 Å². The van der Waals surface area contributed by atoms with Crippen molar-refractivity contribution >= 4 is 44.2 Å². The van der Waals surface area contributed by atoms with Crippen molar-refractivity contribution < 1.29 is 13.0 Å². The topological polar surface area (TPSA) is 156 Å². The molecular formula is C18H16N6O3S. The molecule has 10 heteroatoms. The van der Waals surface area contributed by atoms with E-state index in [9.17, 15) is 13.0 Å². The monoisotopic (exact) mass is 396 g/mol. The highest BCUT2D eigenvalue weighted by Gasteiger charge is 2.22. The van der Waals surface area contributed by atoms with Crippen LogP contribution in [-0.4, -0.2) is 13.0 Å². The van der Waals surface area contributed by atoms with Crippen molar-refractivity contribution in [3.63, 3.8) is 0 Å². The zero-order valence-corrected chi connectivity index (χ0v) is 15.3. The lowest BCUT2D eigenvalue weighted by atomic mass is 10.2. The minimum absolute atomic E-state index is 0.0207. The summed E-state index contributed by atoms with van der Waals surface area (Å²) in [6.07, 6.45) is 0. The predicted molar refractivity (Wildman–Crippen MR) is 106 cm³/mol. The average molecular weight is 396 g/mol. The fourth-order valence-electron chi connectivity index (χ4n) is 2.28. The van der Waals surface area contributed by atoms with Crippen molar-refractivity contribution in [3.05, 3.63) is 66.7 Å². The van der Waals surface area contributed by atoms with Gasteiger partial charge in [-0.3, -0.25) is 4.55 Å². The standard InChI is InChI=1S/C18H16N6O3S/c19-16-14(23-21-12-7-3-1-4-8-12)11-15(28(25,26)27)17(20)18(16)24-22-13-9-5-2-6-10-13/h1-11H,19-20H2,(H,25,26,27).